The van der Waals surface area contributed by atoms with Gasteiger partial charge < -0.3 is 0 Å². The summed E-state index contributed by atoms with van der Waals surface area (Å²) in [6.45, 7) is 2.17. The molecule has 0 radical (unpaired) electrons. The van der Waals surface area contributed by atoms with Crippen molar-refractivity contribution in [3.05, 3.63) is 65.7 Å². The smallest absolute Gasteiger partial charge is 0.0943 e. The van der Waals surface area contributed by atoms with Crippen molar-refractivity contribution in [3.8, 4) is 0 Å². The van der Waals surface area contributed by atoms with Gasteiger partial charge in [0.05, 0.1) is 31.1 Å². The van der Waals surface area contributed by atoms with Crippen LogP contribution in [0.5, 0.6) is 0 Å². The second-order valence-electron chi connectivity index (χ2n) is 6.51. The lowest BCUT2D eigenvalue weighted by atomic mass is 10.2. The third kappa shape index (κ3) is 7.02. The van der Waals surface area contributed by atoms with E-state index < -0.39 is 17.5 Å². The van der Waals surface area contributed by atoms with E-state index in [9.17, 15) is 0 Å². The highest BCUT2D eigenvalue weighted by molar-refractivity contribution is 7.82. The average Bonchev–Trinajstić information content (AvgIpc) is 2.57. The largest absolute Gasteiger partial charge is 0.222 e. The second kappa shape index (κ2) is 9.09. The van der Waals surface area contributed by atoms with E-state index in [-0.39, 0.29) is 0 Å². The Balaban J connectivity index is 0.000000399. The van der Waals surface area contributed by atoms with E-state index in [1.165, 1.54) is 48.9 Å². The zero-order valence-electron chi connectivity index (χ0n) is 14.4. The zero-order chi connectivity index (χ0) is 18.3. The highest BCUT2D eigenvalue weighted by Gasteiger charge is 2.41. The van der Waals surface area contributed by atoms with Gasteiger partial charge in [-0.1, -0.05) is 48.0 Å². The number of benzene rings is 2. The predicted molar refractivity (Wildman–Crippen MR) is 91.5 cm³/mol. The zero-order valence-corrected chi connectivity index (χ0v) is 16.0. The Labute approximate surface area is 152 Å². The number of aryl methyl sites for hydroxylation is 1. The predicted octanol–water partition coefficient (Wildman–Crippen LogP) is 0.266. The first-order valence-corrected chi connectivity index (χ1v) is 12.0. The van der Waals surface area contributed by atoms with Crippen LogP contribution in [0.3, 0.4) is 0 Å². The lowest BCUT2D eigenvalue weighted by Gasteiger charge is -2.31. The molecule has 1 saturated heterocycles. The van der Waals surface area contributed by atoms with Gasteiger partial charge in [-0.15, -0.1) is 10.2 Å². The molecule has 136 valence electrons. The summed E-state index contributed by atoms with van der Waals surface area (Å²) in [5.74, 6) is 0. The van der Waals surface area contributed by atoms with Crippen molar-refractivity contribution in [3.63, 3.8) is 0 Å². The lowest BCUT2D eigenvalue weighted by molar-refractivity contribution is -2.00. The number of rotatable bonds is 3. The first kappa shape index (κ1) is 20.3. The molecule has 1 aliphatic rings. The van der Waals surface area contributed by atoms with Crippen LogP contribution >= 0.6 is 7.26 Å². The summed E-state index contributed by atoms with van der Waals surface area (Å²) in [5.41, 5.74) is 2.90. The van der Waals surface area contributed by atoms with Gasteiger partial charge in [-0.25, -0.2) is 18.6 Å². The summed E-state index contributed by atoms with van der Waals surface area (Å²) in [4.78, 5) is 0. The SMILES string of the molecule is Cc1ccc(C[P+]2(c3ccccc3)CCCCC2)cc1.[O-][Cl+3]([O-])([O-])[O-]. The van der Waals surface area contributed by atoms with Crippen LogP contribution in [0.1, 0.15) is 30.4 Å². The van der Waals surface area contributed by atoms with E-state index in [1.807, 2.05) is 0 Å². The van der Waals surface area contributed by atoms with Gasteiger partial charge in [0.25, 0.3) is 0 Å². The average molecular weight is 383 g/mol. The Hall–Kier alpha value is -1.00. The fourth-order valence-electron chi connectivity index (χ4n) is 3.41. The molecule has 0 aromatic heterocycles. The monoisotopic (exact) mass is 382 g/mol. The standard InChI is InChI=1S/C19H24P.ClHO4/c1-17-10-12-18(13-11-17)16-20(14-6-3-7-15-20)19-8-4-2-5-9-19;2-1(3,4)5/h2,4-5,8-13H,3,6-7,14-16H2,1H3;(H,2,3,4,5)/q+1;/p-1. The Morgan fingerprint density at radius 1 is 0.800 bits per heavy atom. The van der Waals surface area contributed by atoms with Crippen LogP contribution in [-0.4, -0.2) is 12.3 Å². The maximum absolute atomic E-state index is 8.49. The van der Waals surface area contributed by atoms with E-state index in [0.717, 1.165) is 0 Å². The van der Waals surface area contributed by atoms with Crippen LogP contribution in [0, 0.1) is 17.2 Å². The van der Waals surface area contributed by atoms with E-state index >= 15 is 0 Å². The Kier molecular flexibility index (Phi) is 7.38. The minimum absolute atomic E-state index is 0.980. The molecule has 0 amide bonds. The molecule has 0 atom stereocenters. The molecule has 0 spiro atoms. The van der Waals surface area contributed by atoms with Gasteiger partial charge in [0, 0.05) is 0 Å². The molecule has 0 bridgehead atoms. The van der Waals surface area contributed by atoms with Gasteiger partial charge in [-0.3, -0.25) is 0 Å². The summed E-state index contributed by atoms with van der Waals surface area (Å²) in [6, 6.07) is 20.6. The van der Waals surface area contributed by atoms with Crippen molar-refractivity contribution < 1.29 is 28.9 Å². The first-order chi connectivity index (χ1) is 11.8. The molecule has 0 aliphatic carbocycles. The Morgan fingerprint density at radius 3 is 1.84 bits per heavy atom. The summed E-state index contributed by atoms with van der Waals surface area (Å²) in [5, 5.41) is 1.65. The van der Waals surface area contributed by atoms with E-state index in [4.69, 9.17) is 18.6 Å². The van der Waals surface area contributed by atoms with Crippen molar-refractivity contribution >= 4 is 12.6 Å². The topological polar surface area (TPSA) is 92.2 Å². The fourth-order valence-corrected chi connectivity index (χ4v) is 8.02. The molecule has 1 heterocycles. The number of hydrogen-bond donors (Lipinski definition) is 0. The summed E-state index contributed by atoms with van der Waals surface area (Å²) in [7, 11) is -5.92. The Bertz CT molecular complexity index is 629. The highest BCUT2D eigenvalue weighted by Crippen LogP contribution is 2.63. The van der Waals surface area contributed by atoms with Gasteiger partial charge in [0.1, 0.15) is 0 Å². The fraction of sp³-hybridized carbons (Fsp3) is 0.368. The molecule has 1 fully saturated rings. The van der Waals surface area contributed by atoms with Gasteiger partial charge in [-0.05, 0) is 43.9 Å². The molecule has 0 N–H and O–H groups in total. The van der Waals surface area contributed by atoms with E-state index in [2.05, 4.69) is 61.5 Å². The minimum atomic E-state index is -4.94. The lowest BCUT2D eigenvalue weighted by Crippen LogP contribution is -2.68. The molecule has 1 aliphatic heterocycles. The third-order valence-corrected chi connectivity index (χ3v) is 9.29. The third-order valence-electron chi connectivity index (χ3n) is 4.58. The highest BCUT2D eigenvalue weighted by atomic mass is 35.7. The molecular weight excluding hydrogens is 359 g/mol. The van der Waals surface area contributed by atoms with Crippen LogP contribution in [0.2, 0.25) is 0 Å². The molecule has 0 unspecified atom stereocenters. The summed E-state index contributed by atoms with van der Waals surface area (Å²) < 4.78 is 34.0. The van der Waals surface area contributed by atoms with Crippen molar-refractivity contribution in [1.82, 2.24) is 0 Å². The summed E-state index contributed by atoms with van der Waals surface area (Å²) >= 11 is 0. The van der Waals surface area contributed by atoms with Crippen LogP contribution < -0.4 is 23.9 Å². The summed E-state index contributed by atoms with van der Waals surface area (Å²) in [6.07, 6.45) is 8.48. The van der Waals surface area contributed by atoms with Gasteiger partial charge in [0.15, 0.2) is 0 Å². The Morgan fingerprint density at radius 2 is 1.32 bits per heavy atom. The molecule has 0 saturated carbocycles. The molecular formula is C19H24ClO4P. The van der Waals surface area contributed by atoms with E-state index in [1.54, 1.807) is 5.30 Å². The molecule has 4 nitrogen and oxygen atoms in total. The maximum Gasteiger partial charge on any atom is 0.0943 e. The van der Waals surface area contributed by atoms with Crippen LogP contribution in [-0.2, 0) is 6.16 Å². The molecule has 2 aromatic carbocycles. The van der Waals surface area contributed by atoms with Crippen LogP contribution in [0.4, 0.5) is 0 Å². The van der Waals surface area contributed by atoms with Gasteiger partial charge in [0.2, 0.25) is 0 Å². The van der Waals surface area contributed by atoms with Crippen LogP contribution in [0.25, 0.3) is 0 Å². The number of halogens is 1. The number of hydrogen-bond acceptors (Lipinski definition) is 4. The normalized spacial score (nSPS) is 16.7. The minimum Gasteiger partial charge on any atom is -0.222 e. The van der Waals surface area contributed by atoms with Crippen molar-refractivity contribution in [1.29, 1.82) is 0 Å². The molecule has 25 heavy (non-hydrogen) atoms. The molecule has 3 rings (SSSR count). The van der Waals surface area contributed by atoms with Crippen LogP contribution in [0.15, 0.2) is 54.6 Å². The molecule has 2 aromatic rings. The van der Waals surface area contributed by atoms with E-state index in [0.29, 0.717) is 0 Å². The van der Waals surface area contributed by atoms with Crippen molar-refractivity contribution in [2.45, 2.75) is 32.3 Å². The quantitative estimate of drug-likeness (QED) is 0.712. The van der Waals surface area contributed by atoms with Crippen molar-refractivity contribution in [2.75, 3.05) is 12.3 Å². The van der Waals surface area contributed by atoms with Crippen molar-refractivity contribution in [2.24, 2.45) is 0 Å². The first-order valence-electron chi connectivity index (χ1n) is 8.38. The maximum atomic E-state index is 8.49. The second-order valence-corrected chi connectivity index (χ2v) is 11.3. The van der Waals surface area contributed by atoms with Gasteiger partial charge >= 0.3 is 0 Å². The molecule has 6 heteroatoms. The van der Waals surface area contributed by atoms with Gasteiger partial charge in [-0.2, -0.15) is 0 Å².